The third-order valence-corrected chi connectivity index (χ3v) is 24.3. The molecule has 42 nitrogen and oxygen atoms in total. The van der Waals surface area contributed by atoms with Crippen LogP contribution in [0.15, 0.2) is 146 Å². The number of halogens is 1. The zero-order valence-electron chi connectivity index (χ0n) is 72.6. The number of primary amides is 1. The fourth-order valence-electron chi connectivity index (χ4n) is 14.9. The van der Waals surface area contributed by atoms with E-state index in [0.717, 1.165) is 15.8 Å². The van der Waals surface area contributed by atoms with E-state index in [2.05, 4.69) is 58.1 Å². The summed E-state index contributed by atoms with van der Waals surface area (Å²) in [5.41, 5.74) is 14.1. The number of nitrogens with one attached hydrogen (secondary N) is 11. The summed E-state index contributed by atoms with van der Waals surface area (Å²) in [4.78, 5) is 166. The third kappa shape index (κ3) is 36.8. The predicted octanol–water partition coefficient (Wildman–Crippen LogP) is -3.91. The highest BCUT2D eigenvalue weighted by atomic mass is 35.5. The van der Waals surface area contributed by atoms with Gasteiger partial charge in [0, 0.05) is 76.4 Å². The van der Waals surface area contributed by atoms with Crippen LogP contribution in [0.1, 0.15) is 91.8 Å². The van der Waals surface area contributed by atoms with Gasteiger partial charge in [-0.3, -0.25) is 72.8 Å². The van der Waals surface area contributed by atoms with Crippen LogP contribution in [0.4, 0.5) is 0 Å². The van der Waals surface area contributed by atoms with Gasteiger partial charge in [-0.05, 0) is 107 Å². The molecule has 2 heterocycles. The molecule has 11 amide bonds. The van der Waals surface area contributed by atoms with E-state index in [4.69, 9.17) is 53.8 Å². The van der Waals surface area contributed by atoms with Crippen molar-refractivity contribution in [3.05, 3.63) is 190 Å². The molecule has 2 saturated heterocycles. The number of benzene rings is 6. The summed E-state index contributed by atoms with van der Waals surface area (Å²) in [7, 11) is -17.7. The van der Waals surface area contributed by atoms with Gasteiger partial charge in [-0.1, -0.05) is 159 Å². The maximum atomic E-state index is 15.7. The average Bonchev–Trinajstić information content (AvgIpc) is 1.72. The Morgan fingerprint density at radius 3 is 1.37 bits per heavy atom. The first-order valence-electron chi connectivity index (χ1n) is 41.9. The summed E-state index contributed by atoms with van der Waals surface area (Å²) in [6.45, 7) is 5.31. The molecule has 0 bridgehead atoms. The van der Waals surface area contributed by atoms with Gasteiger partial charge in [0.25, 0.3) is 0 Å². The van der Waals surface area contributed by atoms with Crippen molar-refractivity contribution >= 4 is 133 Å². The second-order valence-electron chi connectivity index (χ2n) is 32.8. The molecule has 0 aliphatic carbocycles. The SMILES string of the molecule is CC(C)C[C@H](NC(=O)[C@@H](Cc1ccc(CN2CCOCC2)cc1)NC(=O)[C@H](Cc1ccc(CN(CS(N)(=O)=O)CS(N)(=O)=O)cc1)NC(=O)[C@H](CO)NC(=O)[C@@H](Cc1ccccc1)NC(=O)[C@@H](Cc1ccc(Cl)cc1)NC(=O)[C@@H](Cc1ccc2ccccc2c1)NC(=O)CN(CS(N)(=O)=O)CS(N)(=O)=O)C(=O)N[C@@H](CCCNC(=N)N)C(=O)N1CCC[C@H]1C(=O)N[C@H](C)C(N)=O. The molecule has 6 aromatic rings. The summed E-state index contributed by atoms with van der Waals surface area (Å²) in [5.74, 6) is -15.7. The fraction of sp³-hybridized carbons (Fsp3) is 0.452. The number of nitrogens with two attached hydrogens (primary N) is 6. The van der Waals surface area contributed by atoms with Crippen molar-refractivity contribution in [1.29, 1.82) is 5.41 Å². The summed E-state index contributed by atoms with van der Waals surface area (Å²) < 4.78 is 104. The molecule has 2 aliphatic heterocycles. The van der Waals surface area contributed by atoms with E-state index in [9.17, 15) is 58.0 Å². The lowest BCUT2D eigenvalue weighted by molar-refractivity contribution is -0.142. The minimum Gasteiger partial charge on any atom is -0.394 e. The quantitative estimate of drug-likeness (QED) is 0.00986. The molecule has 0 aromatic heterocycles. The average molecular weight is 1920 g/mol. The van der Waals surface area contributed by atoms with E-state index >= 15 is 33.6 Å². The number of carbonyl (C=O) groups excluding carboxylic acids is 11. The lowest BCUT2D eigenvalue weighted by Gasteiger charge is -2.31. The standard InChI is InChI=1S/C84H116ClN21O21S4/c1-52(2)37-65(75(110)96-64(15-9-31-93-84(87)88)83(118)106-32-10-16-72(106)82(117)94-53(3)74(86)109)97-77(112)68(40-55-17-21-58(22-18-55)44-103-33-35-127-36-34-103)100-79(114)70(41-56-19-23-59(24-20-56)45-104(48-128(89,119)120)49-129(90,121)122)101-81(116)71(47-107)102-80(115)67(39-54-11-5-4-6-12-54)99-78(113)69(42-57-26-29-63(85)30-27-57)98-76(111)66(43-60-25-28-61-13-7-8-14-62(61)38-60)95-73(108)46-105(50-130(91,123)124)51-131(92,125)126/h4-8,11-14,17-30,38,52-53,64-72,107H,9-10,15-16,31-37,39-51H2,1-3H3,(H2,86,109)(H,94,117)(H,95,108)(H,96,110)(H,97,112)(H,98,111)(H,99,113)(H,100,114)(H,101,116)(H,102,115)(H4,87,88,93)(H2,89,119,120)(H2,90,121,122)(H2,91,123,124)(H2,92,125,126)/t53-,64+,65+,66-,67-,68-,69-,70+,71+,72+/m1/s1. The highest BCUT2D eigenvalue weighted by molar-refractivity contribution is 7.90. The molecular formula is C84H116ClN21O21S4. The van der Waals surface area contributed by atoms with Crippen LogP contribution >= 0.6 is 11.6 Å². The van der Waals surface area contributed by atoms with E-state index < -0.39 is 209 Å². The van der Waals surface area contributed by atoms with Crippen molar-refractivity contribution in [3.63, 3.8) is 0 Å². The molecule has 714 valence electrons. The topological polar surface area (TPSA) is 667 Å². The number of sulfonamides is 4. The number of hydrogen-bond acceptors (Lipinski definition) is 25. The normalized spacial score (nSPS) is 16.0. The summed E-state index contributed by atoms with van der Waals surface area (Å²) in [6.07, 6.45) is -1.29. The van der Waals surface area contributed by atoms with Crippen molar-refractivity contribution in [3.8, 4) is 0 Å². The molecule has 2 fully saturated rings. The molecule has 0 spiro atoms. The van der Waals surface area contributed by atoms with Crippen LogP contribution in [-0.2, 0) is 143 Å². The van der Waals surface area contributed by atoms with Gasteiger partial charge < -0.3 is 79.4 Å². The monoisotopic (exact) mass is 1920 g/mol. The van der Waals surface area contributed by atoms with Crippen LogP contribution in [0.3, 0.4) is 0 Å². The lowest BCUT2D eigenvalue weighted by atomic mass is 9.99. The van der Waals surface area contributed by atoms with Gasteiger partial charge >= 0.3 is 0 Å². The van der Waals surface area contributed by atoms with E-state index in [1.807, 2.05) is 18.2 Å². The second kappa shape index (κ2) is 49.3. The molecule has 2 aliphatic rings. The molecule has 131 heavy (non-hydrogen) atoms. The largest absolute Gasteiger partial charge is 0.394 e. The summed E-state index contributed by atoms with van der Waals surface area (Å²) in [6, 6.07) is 23.7. The molecule has 0 radical (unpaired) electrons. The maximum Gasteiger partial charge on any atom is 0.245 e. The Hall–Kier alpha value is -11.2. The van der Waals surface area contributed by atoms with Crippen LogP contribution in [0.25, 0.3) is 10.8 Å². The number of morpholine rings is 1. The number of rotatable bonds is 50. The molecular weight excluding hydrogens is 1800 g/mol. The molecule has 6 aromatic carbocycles. The first-order chi connectivity index (χ1) is 61.7. The van der Waals surface area contributed by atoms with E-state index in [1.165, 1.54) is 60.4 Å². The number of hydrogen-bond donors (Lipinski definition) is 18. The molecule has 47 heteroatoms. The van der Waals surface area contributed by atoms with Crippen molar-refractivity contribution in [2.75, 3.05) is 76.1 Å². The number of primary sulfonamides is 4. The van der Waals surface area contributed by atoms with Crippen LogP contribution in [0, 0.1) is 11.3 Å². The van der Waals surface area contributed by atoms with Crippen LogP contribution in [0.5, 0.6) is 0 Å². The number of guanidine groups is 1. The van der Waals surface area contributed by atoms with Gasteiger partial charge in [-0.2, -0.15) is 0 Å². The Morgan fingerprint density at radius 2 is 0.885 bits per heavy atom. The number of likely N-dealkylation sites (tertiary alicyclic amines) is 1. The van der Waals surface area contributed by atoms with Crippen molar-refractivity contribution < 1.29 is 96.3 Å². The number of amides is 11. The molecule has 8 rings (SSSR count). The number of ether oxygens (including phenoxy) is 1. The molecule has 10 atom stereocenters. The zero-order valence-corrected chi connectivity index (χ0v) is 76.6. The van der Waals surface area contributed by atoms with Crippen LogP contribution < -0.4 is 85.2 Å². The van der Waals surface area contributed by atoms with Gasteiger partial charge in [0.05, 0.1) is 26.4 Å². The first kappa shape index (κ1) is 105. The molecule has 0 unspecified atom stereocenters. The third-order valence-electron chi connectivity index (χ3n) is 21.1. The number of carbonyl (C=O) groups is 11. The van der Waals surface area contributed by atoms with E-state index in [1.54, 1.807) is 92.7 Å². The fourth-order valence-corrected chi connectivity index (χ4v) is 18.0. The highest BCUT2D eigenvalue weighted by Gasteiger charge is 2.41. The summed E-state index contributed by atoms with van der Waals surface area (Å²) in [5, 5.41) is 68.4. The van der Waals surface area contributed by atoms with Gasteiger partial charge in [0.15, 0.2) is 5.96 Å². The van der Waals surface area contributed by atoms with Crippen LogP contribution in [0.2, 0.25) is 5.02 Å². The number of aliphatic hydroxyl groups is 1. The smallest absolute Gasteiger partial charge is 0.245 e. The predicted molar refractivity (Wildman–Crippen MR) is 486 cm³/mol. The zero-order chi connectivity index (χ0) is 96.1. The molecule has 24 N–H and O–H groups in total. The number of fused-ring (bicyclic) bond motifs is 1. The number of nitrogens with zero attached hydrogens (tertiary/aromatic N) is 4. The van der Waals surface area contributed by atoms with Gasteiger partial charge in [0.1, 0.15) is 83.9 Å². The van der Waals surface area contributed by atoms with E-state index in [0.29, 0.717) is 71.8 Å². The maximum absolute atomic E-state index is 15.7. The van der Waals surface area contributed by atoms with Gasteiger partial charge in [0.2, 0.25) is 105 Å². The van der Waals surface area contributed by atoms with Crippen molar-refractivity contribution in [1.82, 2.24) is 72.8 Å². The minimum absolute atomic E-state index is 0.0681. The van der Waals surface area contributed by atoms with Crippen LogP contribution in [-0.4, -0.2) is 266 Å². The Kier molecular flexibility index (Phi) is 39.6. The minimum atomic E-state index is -4.49. The summed E-state index contributed by atoms with van der Waals surface area (Å²) >= 11 is 6.30. The number of aliphatic hydroxyl groups excluding tert-OH is 1. The molecule has 0 saturated carbocycles. The first-order valence-corrected chi connectivity index (χ1v) is 49.1. The van der Waals surface area contributed by atoms with Crippen molar-refractivity contribution in [2.24, 2.45) is 37.9 Å². The second-order valence-corrected chi connectivity index (χ2v) is 39.6. The van der Waals surface area contributed by atoms with Gasteiger partial charge in [-0.25, -0.2) is 54.2 Å². The Morgan fingerprint density at radius 1 is 0.481 bits per heavy atom. The Labute approximate surface area is 765 Å². The van der Waals surface area contributed by atoms with E-state index in [-0.39, 0.29) is 99.0 Å². The van der Waals surface area contributed by atoms with Crippen molar-refractivity contribution in [2.45, 2.75) is 158 Å². The van der Waals surface area contributed by atoms with Gasteiger partial charge in [-0.15, -0.1) is 0 Å². The highest BCUT2D eigenvalue weighted by Crippen LogP contribution is 2.24. The lowest BCUT2D eigenvalue weighted by Crippen LogP contribution is -2.62. The Bertz CT molecular complexity index is 5420. The Balaban J connectivity index is 1.14.